The van der Waals surface area contributed by atoms with Crippen LogP contribution in [0.5, 0.6) is 0 Å². The molecule has 2 heterocycles. The van der Waals surface area contributed by atoms with Crippen LogP contribution in [0.4, 0.5) is 0 Å². The van der Waals surface area contributed by atoms with Crippen molar-refractivity contribution in [1.29, 1.82) is 0 Å². The molecule has 0 aromatic carbocycles. The Bertz CT molecular complexity index is 290. The average molecular weight is 236 g/mol. The van der Waals surface area contributed by atoms with Gasteiger partial charge < -0.3 is 10.3 Å². The van der Waals surface area contributed by atoms with Crippen molar-refractivity contribution in [2.24, 2.45) is 5.92 Å². The molecular formula is C13H24N4. The van der Waals surface area contributed by atoms with Crippen molar-refractivity contribution in [3.05, 3.63) is 18.2 Å². The van der Waals surface area contributed by atoms with E-state index < -0.39 is 0 Å². The molecule has 1 aliphatic heterocycles. The Balaban J connectivity index is 1.83. The molecule has 1 aliphatic rings. The minimum absolute atomic E-state index is 0.866. The first-order chi connectivity index (χ1) is 8.38. The van der Waals surface area contributed by atoms with E-state index >= 15 is 0 Å². The molecular weight excluding hydrogens is 212 g/mol. The lowest BCUT2D eigenvalue weighted by molar-refractivity contribution is 0.197. The molecule has 2 rings (SSSR count). The van der Waals surface area contributed by atoms with Gasteiger partial charge in [-0.25, -0.2) is 4.98 Å². The number of imidazole rings is 1. The Morgan fingerprint density at radius 2 is 2.24 bits per heavy atom. The van der Waals surface area contributed by atoms with E-state index in [4.69, 9.17) is 0 Å². The minimum atomic E-state index is 0.866. The fraction of sp³-hybridized carbons (Fsp3) is 0.769. The molecule has 1 fully saturated rings. The Labute approximate surface area is 104 Å². The van der Waals surface area contributed by atoms with Gasteiger partial charge in [0, 0.05) is 25.0 Å². The van der Waals surface area contributed by atoms with Crippen LogP contribution in [0.15, 0.2) is 12.5 Å². The molecule has 0 spiro atoms. The zero-order chi connectivity index (χ0) is 11.9. The summed E-state index contributed by atoms with van der Waals surface area (Å²) in [5.74, 6) is 0.866. The van der Waals surface area contributed by atoms with Gasteiger partial charge in [-0.05, 0) is 44.8 Å². The van der Waals surface area contributed by atoms with Crippen LogP contribution in [0.25, 0.3) is 0 Å². The van der Waals surface area contributed by atoms with E-state index in [2.05, 4.69) is 27.1 Å². The second kappa shape index (κ2) is 6.77. The fourth-order valence-electron chi connectivity index (χ4n) is 2.59. The van der Waals surface area contributed by atoms with Crippen LogP contribution in [-0.4, -0.2) is 41.0 Å². The van der Waals surface area contributed by atoms with Gasteiger partial charge in [0.05, 0.1) is 6.33 Å². The van der Waals surface area contributed by atoms with Gasteiger partial charge in [-0.15, -0.1) is 0 Å². The quantitative estimate of drug-likeness (QED) is 0.789. The van der Waals surface area contributed by atoms with Gasteiger partial charge >= 0.3 is 0 Å². The maximum Gasteiger partial charge on any atom is 0.0922 e. The van der Waals surface area contributed by atoms with E-state index in [0.717, 1.165) is 12.5 Å². The standard InChI is InChI=1S/C13H24N4/c1-2-7-17(10-13-8-15-11-16-13)9-12-3-5-14-6-4-12/h8,11-12,14H,2-7,9-10H2,1H3,(H,15,16). The number of aromatic amines is 1. The predicted molar refractivity (Wildman–Crippen MR) is 69.7 cm³/mol. The second-order valence-electron chi connectivity index (χ2n) is 5.01. The third kappa shape index (κ3) is 4.13. The van der Waals surface area contributed by atoms with Gasteiger partial charge in [-0.1, -0.05) is 6.92 Å². The molecule has 0 atom stereocenters. The number of piperidine rings is 1. The minimum Gasteiger partial charge on any atom is -0.347 e. The van der Waals surface area contributed by atoms with Crippen molar-refractivity contribution < 1.29 is 0 Å². The van der Waals surface area contributed by atoms with E-state index in [1.54, 1.807) is 6.33 Å². The van der Waals surface area contributed by atoms with Crippen molar-refractivity contribution in [3.63, 3.8) is 0 Å². The molecule has 0 saturated carbocycles. The van der Waals surface area contributed by atoms with Gasteiger partial charge in [0.15, 0.2) is 0 Å². The highest BCUT2D eigenvalue weighted by atomic mass is 15.1. The molecule has 0 radical (unpaired) electrons. The molecule has 1 saturated heterocycles. The number of rotatable bonds is 6. The first-order valence-electron chi connectivity index (χ1n) is 6.78. The summed E-state index contributed by atoms with van der Waals surface area (Å²) >= 11 is 0. The maximum absolute atomic E-state index is 4.09. The number of nitrogens with one attached hydrogen (secondary N) is 2. The van der Waals surface area contributed by atoms with Crippen molar-refractivity contribution in [2.45, 2.75) is 32.7 Å². The summed E-state index contributed by atoms with van der Waals surface area (Å²) in [6, 6.07) is 0. The highest BCUT2D eigenvalue weighted by Gasteiger charge is 2.16. The summed E-state index contributed by atoms with van der Waals surface area (Å²) in [4.78, 5) is 9.85. The first-order valence-corrected chi connectivity index (χ1v) is 6.78. The zero-order valence-corrected chi connectivity index (χ0v) is 10.8. The monoisotopic (exact) mass is 236 g/mol. The maximum atomic E-state index is 4.09. The molecule has 96 valence electrons. The normalized spacial score (nSPS) is 17.8. The smallest absolute Gasteiger partial charge is 0.0922 e. The third-order valence-electron chi connectivity index (χ3n) is 3.46. The molecule has 0 unspecified atom stereocenters. The molecule has 4 nitrogen and oxygen atoms in total. The molecule has 0 bridgehead atoms. The summed E-state index contributed by atoms with van der Waals surface area (Å²) < 4.78 is 0. The molecule has 4 heteroatoms. The lowest BCUT2D eigenvalue weighted by Gasteiger charge is -2.29. The van der Waals surface area contributed by atoms with Crippen LogP contribution in [0.1, 0.15) is 31.9 Å². The Hall–Kier alpha value is -0.870. The summed E-state index contributed by atoms with van der Waals surface area (Å²) in [7, 11) is 0. The summed E-state index contributed by atoms with van der Waals surface area (Å²) in [6.45, 7) is 8.06. The average Bonchev–Trinajstić information content (AvgIpc) is 2.83. The lowest BCUT2D eigenvalue weighted by Crippen LogP contribution is -2.36. The van der Waals surface area contributed by atoms with E-state index in [-0.39, 0.29) is 0 Å². The molecule has 1 aromatic rings. The summed E-state index contributed by atoms with van der Waals surface area (Å²) in [5.41, 5.74) is 1.23. The van der Waals surface area contributed by atoms with E-state index in [1.807, 2.05) is 6.20 Å². The van der Waals surface area contributed by atoms with Gasteiger partial charge in [0.2, 0.25) is 0 Å². The Morgan fingerprint density at radius 3 is 2.88 bits per heavy atom. The number of aromatic nitrogens is 2. The third-order valence-corrected chi connectivity index (χ3v) is 3.46. The number of hydrogen-bond acceptors (Lipinski definition) is 3. The lowest BCUT2D eigenvalue weighted by atomic mass is 9.97. The van der Waals surface area contributed by atoms with Crippen LogP contribution in [0.3, 0.4) is 0 Å². The molecule has 0 aliphatic carbocycles. The first kappa shape index (κ1) is 12.6. The van der Waals surface area contributed by atoms with E-state index in [1.165, 1.54) is 51.1 Å². The largest absolute Gasteiger partial charge is 0.347 e. The van der Waals surface area contributed by atoms with Crippen LogP contribution in [0.2, 0.25) is 0 Å². The fourth-order valence-corrected chi connectivity index (χ4v) is 2.59. The van der Waals surface area contributed by atoms with Gasteiger partial charge in [-0.3, -0.25) is 4.90 Å². The van der Waals surface area contributed by atoms with Gasteiger partial charge in [-0.2, -0.15) is 0 Å². The number of nitrogens with zero attached hydrogens (tertiary/aromatic N) is 2. The second-order valence-corrected chi connectivity index (χ2v) is 5.01. The van der Waals surface area contributed by atoms with Crippen molar-refractivity contribution >= 4 is 0 Å². The molecule has 2 N–H and O–H groups in total. The molecule has 17 heavy (non-hydrogen) atoms. The number of hydrogen-bond donors (Lipinski definition) is 2. The Morgan fingerprint density at radius 1 is 1.41 bits per heavy atom. The summed E-state index contributed by atoms with van der Waals surface area (Å²) in [5, 5.41) is 3.43. The predicted octanol–water partition coefficient (Wildman–Crippen LogP) is 1.62. The topological polar surface area (TPSA) is 44.0 Å². The van der Waals surface area contributed by atoms with Crippen LogP contribution >= 0.6 is 0 Å². The van der Waals surface area contributed by atoms with Crippen molar-refractivity contribution in [3.8, 4) is 0 Å². The van der Waals surface area contributed by atoms with Crippen molar-refractivity contribution in [2.75, 3.05) is 26.2 Å². The SMILES string of the molecule is CCCN(Cc1cnc[nH]1)CC1CCNCC1. The number of H-pyrrole nitrogens is 1. The van der Waals surface area contributed by atoms with E-state index in [9.17, 15) is 0 Å². The van der Waals surface area contributed by atoms with Gasteiger partial charge in [0.25, 0.3) is 0 Å². The molecule has 1 aromatic heterocycles. The summed E-state index contributed by atoms with van der Waals surface area (Å²) in [6.07, 6.45) is 7.57. The highest BCUT2D eigenvalue weighted by Crippen LogP contribution is 2.15. The van der Waals surface area contributed by atoms with Crippen molar-refractivity contribution in [1.82, 2.24) is 20.2 Å². The van der Waals surface area contributed by atoms with Crippen LogP contribution in [-0.2, 0) is 6.54 Å². The highest BCUT2D eigenvalue weighted by molar-refractivity contribution is 4.94. The van der Waals surface area contributed by atoms with Crippen LogP contribution < -0.4 is 5.32 Å². The Kier molecular flexibility index (Phi) is 5.01. The van der Waals surface area contributed by atoms with E-state index in [0.29, 0.717) is 0 Å². The van der Waals surface area contributed by atoms with Crippen LogP contribution in [0, 0.1) is 5.92 Å². The zero-order valence-electron chi connectivity index (χ0n) is 10.8. The molecule has 0 amide bonds. The van der Waals surface area contributed by atoms with Gasteiger partial charge in [0.1, 0.15) is 0 Å².